The molecular weight excluding hydrogens is 282 g/mol. The van der Waals surface area contributed by atoms with Crippen LogP contribution in [0.2, 0.25) is 0 Å². The second-order valence-corrected chi connectivity index (χ2v) is 5.17. The van der Waals surface area contributed by atoms with Gasteiger partial charge in [-0.3, -0.25) is 9.89 Å². The van der Waals surface area contributed by atoms with Gasteiger partial charge in [-0.15, -0.1) is 0 Å². The van der Waals surface area contributed by atoms with E-state index in [0.29, 0.717) is 12.2 Å². The van der Waals surface area contributed by atoms with E-state index in [1.54, 1.807) is 0 Å². The van der Waals surface area contributed by atoms with Gasteiger partial charge in [-0.25, -0.2) is 4.79 Å². The van der Waals surface area contributed by atoms with Gasteiger partial charge in [0, 0.05) is 17.8 Å². The summed E-state index contributed by atoms with van der Waals surface area (Å²) in [5.74, 6) is -0.212. The topological polar surface area (TPSA) is 106 Å². The second-order valence-electron chi connectivity index (χ2n) is 5.17. The van der Waals surface area contributed by atoms with E-state index in [9.17, 15) is 9.59 Å². The van der Waals surface area contributed by atoms with Crippen molar-refractivity contribution in [1.29, 1.82) is 0 Å². The Labute approximate surface area is 126 Å². The van der Waals surface area contributed by atoms with E-state index < -0.39 is 0 Å². The van der Waals surface area contributed by atoms with Crippen molar-refractivity contribution in [2.24, 2.45) is 0 Å². The number of hydrogen-bond acceptors (Lipinski definition) is 3. The molecule has 0 aliphatic carbocycles. The van der Waals surface area contributed by atoms with Crippen molar-refractivity contribution in [2.45, 2.75) is 26.8 Å². The first-order chi connectivity index (χ1) is 10.6. The van der Waals surface area contributed by atoms with E-state index in [4.69, 9.17) is 0 Å². The van der Waals surface area contributed by atoms with Crippen LogP contribution >= 0.6 is 0 Å². The molecule has 7 heteroatoms. The molecule has 7 nitrogen and oxygen atoms in total. The average molecular weight is 299 g/mol. The maximum absolute atomic E-state index is 12.2. The molecule has 2 aromatic heterocycles. The van der Waals surface area contributed by atoms with Crippen LogP contribution in [0.4, 0.5) is 0 Å². The quantitative estimate of drug-likeness (QED) is 0.584. The van der Waals surface area contributed by atoms with Crippen LogP contribution in [-0.4, -0.2) is 26.1 Å². The summed E-state index contributed by atoms with van der Waals surface area (Å²) in [6.45, 7) is 4.26. The molecule has 2 heterocycles. The Bertz CT molecular complexity index is 887. The lowest BCUT2D eigenvalue weighted by Crippen LogP contribution is -2.23. The Kier molecular flexibility index (Phi) is 3.54. The summed E-state index contributed by atoms with van der Waals surface area (Å²) in [7, 11) is 0. The smallest absolute Gasteiger partial charge is 0.323 e. The molecule has 3 aromatic rings. The van der Waals surface area contributed by atoms with Crippen molar-refractivity contribution in [3.63, 3.8) is 0 Å². The van der Waals surface area contributed by atoms with Crippen LogP contribution in [0.5, 0.6) is 0 Å². The number of nitrogens with one attached hydrogen (secondary N) is 4. The molecular formula is C15H17N5O2. The zero-order valence-electron chi connectivity index (χ0n) is 12.4. The first-order valence-electron chi connectivity index (χ1n) is 7.11. The number of benzene rings is 1. The van der Waals surface area contributed by atoms with Crippen LogP contribution in [-0.2, 0) is 13.0 Å². The molecule has 0 spiro atoms. The van der Waals surface area contributed by atoms with Gasteiger partial charge < -0.3 is 15.3 Å². The molecule has 0 aliphatic rings. The molecule has 1 aromatic carbocycles. The standard InChI is InChI=1S/C15H17N5O2/c1-3-10-8(2)13(20-19-10)14(21)16-7-9-4-5-11-12(6-9)18-15(22)17-11/h4-6H,3,7H2,1-2H3,(H,16,21)(H,19,20)(H2,17,18,22). The fourth-order valence-electron chi connectivity index (χ4n) is 2.46. The normalized spacial score (nSPS) is 11.0. The number of nitrogens with zero attached hydrogens (tertiary/aromatic N) is 1. The van der Waals surface area contributed by atoms with Crippen molar-refractivity contribution >= 4 is 16.9 Å². The molecule has 0 unspecified atom stereocenters. The molecule has 114 valence electrons. The van der Waals surface area contributed by atoms with Crippen LogP contribution in [0.25, 0.3) is 11.0 Å². The summed E-state index contributed by atoms with van der Waals surface area (Å²) >= 11 is 0. The van der Waals surface area contributed by atoms with E-state index in [-0.39, 0.29) is 11.6 Å². The fourth-order valence-corrected chi connectivity index (χ4v) is 2.46. The number of aromatic nitrogens is 4. The summed E-state index contributed by atoms with van der Waals surface area (Å²) in [6.07, 6.45) is 0.809. The van der Waals surface area contributed by atoms with E-state index in [2.05, 4.69) is 25.5 Å². The molecule has 0 aliphatic heterocycles. The van der Waals surface area contributed by atoms with Crippen molar-refractivity contribution in [1.82, 2.24) is 25.5 Å². The predicted molar refractivity (Wildman–Crippen MR) is 82.8 cm³/mol. The minimum absolute atomic E-state index is 0.212. The molecule has 0 radical (unpaired) electrons. The Morgan fingerprint density at radius 3 is 2.77 bits per heavy atom. The first kappa shape index (κ1) is 14.1. The highest BCUT2D eigenvalue weighted by molar-refractivity contribution is 5.93. The lowest BCUT2D eigenvalue weighted by Gasteiger charge is -2.04. The molecule has 0 bridgehead atoms. The average Bonchev–Trinajstić information content (AvgIpc) is 3.05. The van der Waals surface area contributed by atoms with E-state index in [0.717, 1.165) is 34.3 Å². The summed E-state index contributed by atoms with van der Waals surface area (Å²) in [4.78, 5) is 28.8. The molecule has 0 saturated heterocycles. The number of imidazole rings is 1. The van der Waals surface area contributed by atoms with Crippen LogP contribution in [0.15, 0.2) is 23.0 Å². The number of amides is 1. The number of rotatable bonds is 4. The summed E-state index contributed by atoms with van der Waals surface area (Å²) in [5, 5.41) is 9.78. The summed E-state index contributed by atoms with van der Waals surface area (Å²) in [6, 6.07) is 5.51. The van der Waals surface area contributed by atoms with Gasteiger partial charge in [0.05, 0.1) is 11.0 Å². The van der Waals surface area contributed by atoms with Gasteiger partial charge in [0.2, 0.25) is 0 Å². The molecule has 4 N–H and O–H groups in total. The van der Waals surface area contributed by atoms with Crippen molar-refractivity contribution in [3.8, 4) is 0 Å². The van der Waals surface area contributed by atoms with E-state index in [1.807, 2.05) is 32.0 Å². The third-order valence-corrected chi connectivity index (χ3v) is 3.71. The largest absolute Gasteiger partial charge is 0.347 e. The highest BCUT2D eigenvalue weighted by Gasteiger charge is 2.15. The zero-order valence-corrected chi connectivity index (χ0v) is 12.4. The maximum Gasteiger partial charge on any atom is 0.323 e. The minimum Gasteiger partial charge on any atom is -0.347 e. The number of carbonyl (C=O) groups excluding carboxylic acids is 1. The number of carbonyl (C=O) groups is 1. The van der Waals surface area contributed by atoms with Gasteiger partial charge in [0.15, 0.2) is 5.69 Å². The molecule has 1 amide bonds. The Morgan fingerprint density at radius 1 is 1.27 bits per heavy atom. The van der Waals surface area contributed by atoms with E-state index >= 15 is 0 Å². The summed E-state index contributed by atoms with van der Waals surface area (Å²) < 4.78 is 0. The van der Waals surface area contributed by atoms with Crippen molar-refractivity contribution in [2.75, 3.05) is 0 Å². The number of aromatic amines is 3. The van der Waals surface area contributed by atoms with Crippen LogP contribution < -0.4 is 11.0 Å². The third-order valence-electron chi connectivity index (χ3n) is 3.71. The van der Waals surface area contributed by atoms with Gasteiger partial charge in [-0.2, -0.15) is 5.10 Å². The van der Waals surface area contributed by atoms with Gasteiger partial charge in [-0.05, 0) is 31.0 Å². The highest BCUT2D eigenvalue weighted by atomic mass is 16.2. The van der Waals surface area contributed by atoms with Gasteiger partial charge >= 0.3 is 5.69 Å². The molecule has 0 fully saturated rings. The SMILES string of the molecule is CCc1[nH]nc(C(=O)NCc2ccc3[nH]c(=O)[nH]c3c2)c1C. The Hall–Kier alpha value is -2.83. The van der Waals surface area contributed by atoms with Gasteiger partial charge in [0.1, 0.15) is 0 Å². The summed E-state index contributed by atoms with van der Waals surface area (Å²) in [5.41, 5.74) is 4.40. The monoisotopic (exact) mass is 299 g/mol. The number of aryl methyl sites for hydroxylation is 1. The lowest BCUT2D eigenvalue weighted by molar-refractivity contribution is 0.0945. The maximum atomic E-state index is 12.2. The molecule has 0 saturated carbocycles. The second kappa shape index (κ2) is 5.51. The third kappa shape index (κ3) is 2.52. The Morgan fingerprint density at radius 2 is 2.05 bits per heavy atom. The van der Waals surface area contributed by atoms with E-state index in [1.165, 1.54) is 0 Å². The van der Waals surface area contributed by atoms with Gasteiger partial charge in [-0.1, -0.05) is 13.0 Å². The highest BCUT2D eigenvalue weighted by Crippen LogP contribution is 2.12. The van der Waals surface area contributed by atoms with Crippen LogP contribution in [0.3, 0.4) is 0 Å². The minimum atomic E-state index is -0.240. The number of H-pyrrole nitrogens is 3. The fraction of sp³-hybridized carbons (Fsp3) is 0.267. The molecule has 0 atom stereocenters. The van der Waals surface area contributed by atoms with Crippen molar-refractivity contribution in [3.05, 3.63) is 51.2 Å². The number of fused-ring (bicyclic) bond motifs is 1. The van der Waals surface area contributed by atoms with Crippen molar-refractivity contribution < 1.29 is 4.79 Å². The molecule has 3 rings (SSSR count). The number of hydrogen-bond donors (Lipinski definition) is 4. The zero-order chi connectivity index (χ0) is 15.7. The lowest BCUT2D eigenvalue weighted by atomic mass is 10.1. The Balaban J connectivity index is 1.73. The predicted octanol–water partition coefficient (Wildman–Crippen LogP) is 1.38. The van der Waals surface area contributed by atoms with Crippen LogP contribution in [0.1, 0.15) is 34.2 Å². The van der Waals surface area contributed by atoms with Crippen LogP contribution in [0, 0.1) is 6.92 Å². The molecule has 22 heavy (non-hydrogen) atoms. The van der Waals surface area contributed by atoms with Gasteiger partial charge in [0.25, 0.3) is 5.91 Å². The first-order valence-corrected chi connectivity index (χ1v) is 7.11.